The molecule has 0 aliphatic heterocycles. The van der Waals surface area contributed by atoms with Crippen LogP contribution < -0.4 is 5.32 Å². The number of hydrogen-bond acceptors (Lipinski definition) is 5. The molecule has 1 amide bonds. The minimum absolute atomic E-state index is 0.0506. The van der Waals surface area contributed by atoms with Gasteiger partial charge in [0.25, 0.3) is 0 Å². The van der Waals surface area contributed by atoms with Gasteiger partial charge in [-0.25, -0.2) is 0 Å². The molecule has 0 heterocycles. The molecule has 0 spiro atoms. The molecule has 3 atom stereocenters. The standard InChI is InChI=1S/C51H93NO5/c1-4-7-10-13-16-19-22-24-26-28-31-34-37-40-43-49(54)48(46-53)52-50(55)45-47(42-39-36-33-30-27-21-18-15-12-9-6-3)57-51(56)44-41-38-35-32-29-25-23-20-17-14-11-8-5-2/h25,29-30,33,35,38-39,42,47-49,53-54H,4-24,26-28,31-32,34,36-37,40-41,43-46H2,1-3H3,(H,52,55)/b29-25-,33-30-,38-35+,42-39+. The number of rotatable bonds is 43. The van der Waals surface area contributed by atoms with E-state index in [9.17, 15) is 19.8 Å². The van der Waals surface area contributed by atoms with Gasteiger partial charge in [0.1, 0.15) is 6.10 Å². The van der Waals surface area contributed by atoms with Crippen molar-refractivity contribution in [2.75, 3.05) is 6.61 Å². The summed E-state index contributed by atoms with van der Waals surface area (Å²) in [5.74, 6) is -0.682. The summed E-state index contributed by atoms with van der Waals surface area (Å²) in [6.45, 7) is 6.41. The van der Waals surface area contributed by atoms with E-state index in [1.54, 1.807) is 6.08 Å². The molecule has 0 aromatic heterocycles. The first kappa shape index (κ1) is 54.8. The van der Waals surface area contributed by atoms with Crippen LogP contribution in [0.3, 0.4) is 0 Å². The second-order valence-corrected chi connectivity index (χ2v) is 16.5. The predicted molar refractivity (Wildman–Crippen MR) is 245 cm³/mol. The minimum atomic E-state index is -0.818. The first-order valence-corrected chi connectivity index (χ1v) is 24.4. The van der Waals surface area contributed by atoms with Gasteiger partial charge in [-0.2, -0.15) is 0 Å². The van der Waals surface area contributed by atoms with Crippen molar-refractivity contribution in [1.29, 1.82) is 0 Å². The molecule has 0 bridgehead atoms. The van der Waals surface area contributed by atoms with E-state index in [0.717, 1.165) is 38.5 Å². The quantitative estimate of drug-likeness (QED) is 0.0324. The number of carbonyl (C=O) groups is 2. The number of aliphatic hydroxyl groups excluding tert-OH is 2. The van der Waals surface area contributed by atoms with E-state index in [-0.39, 0.29) is 31.3 Å². The molecular formula is C51H93NO5. The highest BCUT2D eigenvalue weighted by Crippen LogP contribution is 2.15. The maximum absolute atomic E-state index is 13.1. The average molecular weight is 800 g/mol. The fourth-order valence-corrected chi connectivity index (χ4v) is 7.15. The molecule has 0 aliphatic rings. The summed E-state index contributed by atoms with van der Waals surface area (Å²) in [7, 11) is 0. The van der Waals surface area contributed by atoms with Crippen molar-refractivity contribution >= 4 is 11.9 Å². The molecular weight excluding hydrogens is 707 g/mol. The van der Waals surface area contributed by atoms with Gasteiger partial charge < -0.3 is 20.3 Å². The van der Waals surface area contributed by atoms with Crippen molar-refractivity contribution in [3.63, 3.8) is 0 Å². The summed E-state index contributed by atoms with van der Waals surface area (Å²) in [5, 5.41) is 23.6. The van der Waals surface area contributed by atoms with Crippen molar-refractivity contribution in [3.8, 4) is 0 Å². The third kappa shape index (κ3) is 40.4. The lowest BCUT2D eigenvalue weighted by atomic mass is 10.0. The van der Waals surface area contributed by atoms with Crippen LogP contribution in [-0.4, -0.2) is 46.9 Å². The van der Waals surface area contributed by atoms with Gasteiger partial charge in [0.2, 0.25) is 5.91 Å². The van der Waals surface area contributed by atoms with Crippen LogP contribution in [0, 0.1) is 0 Å². The van der Waals surface area contributed by atoms with Crippen LogP contribution in [-0.2, 0) is 14.3 Å². The predicted octanol–water partition coefficient (Wildman–Crippen LogP) is 14.3. The smallest absolute Gasteiger partial charge is 0.306 e. The molecule has 0 aliphatic carbocycles. The van der Waals surface area contributed by atoms with Crippen LogP contribution >= 0.6 is 0 Å². The SMILES string of the molecule is CCCCCCCC/C=C\C/C=C/CCC(=O)OC(/C=C/C/C=C\CCCCCCCC)CC(=O)NC(CO)C(O)CCCCCCCCCCCCCCCC. The van der Waals surface area contributed by atoms with Crippen molar-refractivity contribution < 1.29 is 24.5 Å². The molecule has 3 unspecified atom stereocenters. The molecule has 332 valence electrons. The van der Waals surface area contributed by atoms with Gasteiger partial charge in [-0.1, -0.05) is 217 Å². The van der Waals surface area contributed by atoms with E-state index >= 15 is 0 Å². The van der Waals surface area contributed by atoms with Gasteiger partial charge in [0, 0.05) is 6.42 Å². The number of aliphatic hydroxyl groups is 2. The maximum Gasteiger partial charge on any atom is 0.306 e. The Hall–Kier alpha value is -2.18. The van der Waals surface area contributed by atoms with E-state index in [2.05, 4.69) is 56.5 Å². The van der Waals surface area contributed by atoms with Crippen LogP contribution in [0.1, 0.15) is 239 Å². The van der Waals surface area contributed by atoms with E-state index in [4.69, 9.17) is 4.74 Å². The van der Waals surface area contributed by atoms with E-state index < -0.39 is 18.2 Å². The zero-order valence-corrected chi connectivity index (χ0v) is 37.7. The van der Waals surface area contributed by atoms with Crippen LogP contribution in [0.5, 0.6) is 0 Å². The fraction of sp³-hybridized carbons (Fsp3) is 0.804. The van der Waals surface area contributed by atoms with Crippen molar-refractivity contribution in [2.24, 2.45) is 0 Å². The van der Waals surface area contributed by atoms with Crippen LogP contribution in [0.25, 0.3) is 0 Å². The topological polar surface area (TPSA) is 95.9 Å². The molecule has 0 radical (unpaired) electrons. The zero-order valence-electron chi connectivity index (χ0n) is 37.7. The molecule has 3 N–H and O–H groups in total. The number of ether oxygens (including phenoxy) is 1. The Balaban J connectivity index is 4.68. The lowest BCUT2D eigenvalue weighted by Gasteiger charge is -2.23. The third-order valence-electron chi connectivity index (χ3n) is 10.9. The summed E-state index contributed by atoms with van der Waals surface area (Å²) < 4.78 is 5.77. The summed E-state index contributed by atoms with van der Waals surface area (Å²) >= 11 is 0. The molecule has 0 aromatic rings. The Labute approximate surface area is 353 Å². The summed E-state index contributed by atoms with van der Waals surface area (Å²) in [4.78, 5) is 25.9. The lowest BCUT2D eigenvalue weighted by molar-refractivity contribution is -0.148. The number of hydrogen-bond donors (Lipinski definition) is 3. The number of amides is 1. The normalized spacial score (nSPS) is 13.7. The van der Waals surface area contributed by atoms with Crippen LogP contribution in [0.2, 0.25) is 0 Å². The molecule has 0 rings (SSSR count). The number of unbranched alkanes of at least 4 members (excludes halogenated alkanes) is 25. The summed E-state index contributed by atoms with van der Waals surface area (Å²) in [5.41, 5.74) is 0. The average Bonchev–Trinajstić information content (AvgIpc) is 3.20. The number of allylic oxidation sites excluding steroid dienone is 7. The Bertz CT molecular complexity index is 988. The molecule has 0 fully saturated rings. The Morgan fingerprint density at radius 3 is 1.39 bits per heavy atom. The first-order chi connectivity index (χ1) is 28.0. The molecule has 57 heavy (non-hydrogen) atoms. The van der Waals surface area contributed by atoms with E-state index in [1.165, 1.54) is 148 Å². The highest BCUT2D eigenvalue weighted by Gasteiger charge is 2.23. The zero-order chi connectivity index (χ0) is 41.7. The van der Waals surface area contributed by atoms with Gasteiger partial charge in [-0.05, 0) is 57.4 Å². The van der Waals surface area contributed by atoms with Gasteiger partial charge in [-0.15, -0.1) is 0 Å². The Kier molecular flexibility index (Phi) is 43.2. The van der Waals surface area contributed by atoms with Crippen molar-refractivity contribution in [2.45, 2.75) is 257 Å². The number of nitrogens with one attached hydrogen (secondary N) is 1. The molecule has 0 saturated heterocycles. The second-order valence-electron chi connectivity index (χ2n) is 16.5. The Morgan fingerprint density at radius 1 is 0.526 bits per heavy atom. The highest BCUT2D eigenvalue weighted by atomic mass is 16.5. The lowest BCUT2D eigenvalue weighted by Crippen LogP contribution is -2.46. The molecule has 6 heteroatoms. The van der Waals surface area contributed by atoms with Crippen molar-refractivity contribution in [3.05, 3.63) is 48.6 Å². The second kappa shape index (κ2) is 44.9. The monoisotopic (exact) mass is 800 g/mol. The highest BCUT2D eigenvalue weighted by molar-refractivity contribution is 5.78. The van der Waals surface area contributed by atoms with E-state index in [0.29, 0.717) is 19.3 Å². The van der Waals surface area contributed by atoms with Crippen molar-refractivity contribution in [1.82, 2.24) is 5.32 Å². The maximum atomic E-state index is 13.1. The molecule has 6 nitrogen and oxygen atoms in total. The minimum Gasteiger partial charge on any atom is -0.458 e. The largest absolute Gasteiger partial charge is 0.458 e. The summed E-state index contributed by atoms with van der Waals surface area (Å²) in [6, 6.07) is -0.741. The Morgan fingerprint density at radius 2 is 0.930 bits per heavy atom. The van der Waals surface area contributed by atoms with Crippen LogP contribution in [0.15, 0.2) is 48.6 Å². The summed E-state index contributed by atoms with van der Waals surface area (Å²) in [6.07, 6.45) is 53.5. The fourth-order valence-electron chi connectivity index (χ4n) is 7.15. The number of carbonyl (C=O) groups excluding carboxylic acids is 2. The van der Waals surface area contributed by atoms with Gasteiger partial charge in [0.05, 0.1) is 25.2 Å². The molecule has 0 aromatic carbocycles. The van der Waals surface area contributed by atoms with Crippen LogP contribution in [0.4, 0.5) is 0 Å². The third-order valence-corrected chi connectivity index (χ3v) is 10.9. The van der Waals surface area contributed by atoms with Gasteiger partial charge >= 0.3 is 5.97 Å². The van der Waals surface area contributed by atoms with Gasteiger partial charge in [0.15, 0.2) is 0 Å². The molecule has 0 saturated carbocycles. The van der Waals surface area contributed by atoms with Gasteiger partial charge in [-0.3, -0.25) is 9.59 Å². The van der Waals surface area contributed by atoms with E-state index in [1.807, 2.05) is 12.2 Å². The number of esters is 1. The first-order valence-electron chi connectivity index (χ1n) is 24.4.